The molecular formula is C17H25N3S. The average molecular weight is 303 g/mol. The summed E-state index contributed by atoms with van der Waals surface area (Å²) < 4.78 is 0. The van der Waals surface area contributed by atoms with Gasteiger partial charge in [-0.25, -0.2) is 0 Å². The number of thiocarbonyl (C=S) groups is 1. The van der Waals surface area contributed by atoms with Gasteiger partial charge in [0.1, 0.15) is 0 Å². The number of piperazine rings is 1. The standard InChI is InChI=1S/C17H25N3S/c1-2-10-18-17(21)20-14-12-19(13-15-20)11-6-9-16-7-4-3-5-8-16/h3-9H,2,10-15H2,1H3,(H,18,21)/b9-6+. The molecule has 1 aromatic rings. The highest BCUT2D eigenvalue weighted by Crippen LogP contribution is 2.05. The molecule has 1 aliphatic rings. The first-order valence-corrected chi connectivity index (χ1v) is 8.17. The van der Waals surface area contributed by atoms with E-state index in [0.29, 0.717) is 0 Å². The molecule has 1 fully saturated rings. The lowest BCUT2D eigenvalue weighted by Gasteiger charge is -2.35. The fourth-order valence-electron chi connectivity index (χ4n) is 2.38. The monoisotopic (exact) mass is 303 g/mol. The summed E-state index contributed by atoms with van der Waals surface area (Å²) in [5.41, 5.74) is 1.26. The van der Waals surface area contributed by atoms with Gasteiger partial charge in [-0.2, -0.15) is 0 Å². The van der Waals surface area contributed by atoms with E-state index in [0.717, 1.165) is 50.8 Å². The molecule has 0 amide bonds. The van der Waals surface area contributed by atoms with Gasteiger partial charge in [-0.15, -0.1) is 0 Å². The molecule has 0 bridgehead atoms. The van der Waals surface area contributed by atoms with Crippen LogP contribution in [0.15, 0.2) is 36.4 Å². The zero-order valence-corrected chi connectivity index (χ0v) is 13.6. The quantitative estimate of drug-likeness (QED) is 0.843. The predicted molar refractivity (Wildman–Crippen MR) is 94.4 cm³/mol. The van der Waals surface area contributed by atoms with Crippen molar-refractivity contribution >= 4 is 23.4 Å². The zero-order valence-electron chi connectivity index (χ0n) is 12.8. The van der Waals surface area contributed by atoms with E-state index in [2.05, 4.69) is 58.5 Å². The van der Waals surface area contributed by atoms with Crippen LogP contribution in [0.3, 0.4) is 0 Å². The van der Waals surface area contributed by atoms with Crippen molar-refractivity contribution in [2.45, 2.75) is 13.3 Å². The molecule has 1 heterocycles. The highest BCUT2D eigenvalue weighted by molar-refractivity contribution is 7.80. The second-order valence-corrected chi connectivity index (χ2v) is 5.72. The number of hydrogen-bond donors (Lipinski definition) is 1. The van der Waals surface area contributed by atoms with E-state index >= 15 is 0 Å². The minimum atomic E-state index is 0.913. The van der Waals surface area contributed by atoms with E-state index < -0.39 is 0 Å². The summed E-state index contributed by atoms with van der Waals surface area (Å²) in [6, 6.07) is 10.5. The van der Waals surface area contributed by atoms with Crippen LogP contribution < -0.4 is 5.32 Å². The molecule has 0 aliphatic carbocycles. The van der Waals surface area contributed by atoms with Gasteiger partial charge in [-0.3, -0.25) is 4.90 Å². The van der Waals surface area contributed by atoms with Crippen LogP contribution in [0.1, 0.15) is 18.9 Å². The van der Waals surface area contributed by atoms with Crippen molar-refractivity contribution in [1.82, 2.24) is 15.1 Å². The molecule has 0 unspecified atom stereocenters. The second kappa shape index (κ2) is 8.80. The van der Waals surface area contributed by atoms with Gasteiger partial charge in [-0.1, -0.05) is 49.4 Å². The molecule has 1 saturated heterocycles. The minimum Gasteiger partial charge on any atom is -0.363 e. The third kappa shape index (κ3) is 5.48. The third-order valence-corrected chi connectivity index (χ3v) is 4.06. The third-order valence-electron chi connectivity index (χ3n) is 3.66. The highest BCUT2D eigenvalue weighted by Gasteiger charge is 2.17. The SMILES string of the molecule is CCCNC(=S)N1CCN(C/C=C/c2ccccc2)CC1. The van der Waals surface area contributed by atoms with Crippen molar-refractivity contribution in [3.05, 3.63) is 42.0 Å². The topological polar surface area (TPSA) is 18.5 Å². The van der Waals surface area contributed by atoms with Crippen LogP contribution in [0.4, 0.5) is 0 Å². The molecule has 3 nitrogen and oxygen atoms in total. The first kappa shape index (κ1) is 16.0. The van der Waals surface area contributed by atoms with Crippen LogP contribution >= 0.6 is 12.2 Å². The molecule has 0 spiro atoms. The summed E-state index contributed by atoms with van der Waals surface area (Å²) in [6.45, 7) is 8.34. The van der Waals surface area contributed by atoms with E-state index in [1.807, 2.05) is 6.07 Å². The molecule has 1 aliphatic heterocycles. The minimum absolute atomic E-state index is 0.913. The van der Waals surface area contributed by atoms with Crippen molar-refractivity contribution in [1.29, 1.82) is 0 Å². The van der Waals surface area contributed by atoms with Crippen LogP contribution in [0.25, 0.3) is 6.08 Å². The summed E-state index contributed by atoms with van der Waals surface area (Å²) in [5, 5.41) is 4.22. The van der Waals surface area contributed by atoms with Gasteiger partial charge in [0.15, 0.2) is 5.11 Å². The normalized spacial score (nSPS) is 16.3. The molecule has 0 atom stereocenters. The van der Waals surface area contributed by atoms with Crippen LogP contribution in [-0.2, 0) is 0 Å². The summed E-state index contributed by atoms with van der Waals surface area (Å²) in [4.78, 5) is 4.75. The van der Waals surface area contributed by atoms with Crippen LogP contribution in [-0.4, -0.2) is 54.2 Å². The summed E-state index contributed by atoms with van der Waals surface area (Å²) in [5.74, 6) is 0. The Morgan fingerprint density at radius 3 is 2.57 bits per heavy atom. The van der Waals surface area contributed by atoms with E-state index in [-0.39, 0.29) is 0 Å². The van der Waals surface area contributed by atoms with E-state index in [9.17, 15) is 0 Å². The summed E-state index contributed by atoms with van der Waals surface area (Å²) in [6.07, 6.45) is 5.56. The lowest BCUT2D eigenvalue weighted by molar-refractivity contribution is 0.197. The Hall–Kier alpha value is -1.39. The second-order valence-electron chi connectivity index (χ2n) is 5.33. The summed E-state index contributed by atoms with van der Waals surface area (Å²) >= 11 is 5.41. The van der Waals surface area contributed by atoms with E-state index in [1.54, 1.807) is 0 Å². The molecule has 4 heteroatoms. The number of nitrogens with one attached hydrogen (secondary N) is 1. The maximum atomic E-state index is 5.41. The molecule has 1 N–H and O–H groups in total. The predicted octanol–water partition coefficient (Wildman–Crippen LogP) is 2.60. The molecule has 1 aromatic carbocycles. The molecular weight excluding hydrogens is 278 g/mol. The Morgan fingerprint density at radius 1 is 1.19 bits per heavy atom. The van der Waals surface area contributed by atoms with Gasteiger partial charge < -0.3 is 10.2 Å². The van der Waals surface area contributed by atoms with Crippen LogP contribution in [0, 0.1) is 0 Å². The largest absolute Gasteiger partial charge is 0.363 e. The highest BCUT2D eigenvalue weighted by atomic mass is 32.1. The molecule has 114 valence electrons. The fourth-order valence-corrected chi connectivity index (χ4v) is 2.66. The smallest absolute Gasteiger partial charge is 0.169 e. The molecule has 0 aromatic heterocycles. The lowest BCUT2D eigenvalue weighted by Crippen LogP contribution is -2.51. The lowest BCUT2D eigenvalue weighted by atomic mass is 10.2. The van der Waals surface area contributed by atoms with Gasteiger partial charge in [0.05, 0.1) is 0 Å². The number of nitrogens with zero attached hydrogens (tertiary/aromatic N) is 2. The first-order chi connectivity index (χ1) is 10.3. The number of benzene rings is 1. The summed E-state index contributed by atoms with van der Waals surface area (Å²) in [7, 11) is 0. The van der Waals surface area contributed by atoms with Crippen molar-refractivity contribution < 1.29 is 0 Å². The van der Waals surface area contributed by atoms with Gasteiger partial charge in [0.2, 0.25) is 0 Å². The van der Waals surface area contributed by atoms with Gasteiger partial charge in [-0.05, 0) is 24.2 Å². The average Bonchev–Trinajstić information content (AvgIpc) is 2.54. The molecule has 0 radical (unpaired) electrons. The maximum Gasteiger partial charge on any atom is 0.169 e. The van der Waals surface area contributed by atoms with Crippen LogP contribution in [0.5, 0.6) is 0 Å². The molecule has 21 heavy (non-hydrogen) atoms. The Kier molecular flexibility index (Phi) is 6.70. The van der Waals surface area contributed by atoms with Gasteiger partial charge >= 0.3 is 0 Å². The fraction of sp³-hybridized carbons (Fsp3) is 0.471. The van der Waals surface area contributed by atoms with Gasteiger partial charge in [0, 0.05) is 39.3 Å². The van der Waals surface area contributed by atoms with Gasteiger partial charge in [0.25, 0.3) is 0 Å². The van der Waals surface area contributed by atoms with Crippen molar-refractivity contribution in [2.75, 3.05) is 39.3 Å². The van der Waals surface area contributed by atoms with Crippen molar-refractivity contribution in [3.63, 3.8) is 0 Å². The Labute approximate surface area is 133 Å². The Morgan fingerprint density at radius 2 is 1.90 bits per heavy atom. The van der Waals surface area contributed by atoms with Crippen molar-refractivity contribution in [2.24, 2.45) is 0 Å². The van der Waals surface area contributed by atoms with E-state index in [4.69, 9.17) is 12.2 Å². The zero-order chi connectivity index (χ0) is 14.9. The number of rotatable bonds is 5. The Bertz CT molecular complexity index is 450. The van der Waals surface area contributed by atoms with Crippen molar-refractivity contribution in [3.8, 4) is 0 Å². The maximum absolute atomic E-state index is 5.41. The Balaban J connectivity index is 1.69. The molecule has 0 saturated carbocycles. The van der Waals surface area contributed by atoms with Crippen LogP contribution in [0.2, 0.25) is 0 Å². The molecule has 2 rings (SSSR count). The van der Waals surface area contributed by atoms with E-state index in [1.165, 1.54) is 5.56 Å². The number of hydrogen-bond acceptors (Lipinski definition) is 2. The first-order valence-electron chi connectivity index (χ1n) is 7.76.